The lowest BCUT2D eigenvalue weighted by molar-refractivity contribution is 0.0984. The van der Waals surface area contributed by atoms with E-state index in [4.69, 9.17) is 0 Å². The van der Waals surface area contributed by atoms with Crippen LogP contribution < -0.4 is 4.90 Å². The van der Waals surface area contributed by atoms with E-state index in [1.54, 1.807) is 17.0 Å². The fourth-order valence-corrected chi connectivity index (χ4v) is 5.78. The van der Waals surface area contributed by atoms with Crippen molar-refractivity contribution in [2.75, 3.05) is 37.3 Å². The molecule has 0 aliphatic heterocycles. The second kappa shape index (κ2) is 10.8. The predicted octanol–water partition coefficient (Wildman–Crippen LogP) is 5.26. The molecule has 0 unspecified atom stereocenters. The zero-order valence-electron chi connectivity index (χ0n) is 19.4. The van der Waals surface area contributed by atoms with E-state index in [0.29, 0.717) is 29.3 Å². The summed E-state index contributed by atoms with van der Waals surface area (Å²) in [6.07, 6.45) is 1.18. The highest BCUT2D eigenvalue weighted by Gasteiger charge is 2.24. The van der Waals surface area contributed by atoms with Crippen LogP contribution in [0.4, 0.5) is 5.13 Å². The Bertz CT molecular complexity index is 1420. The topological polar surface area (TPSA) is 70.6 Å². The van der Waals surface area contributed by atoms with Gasteiger partial charge >= 0.3 is 0 Å². The van der Waals surface area contributed by atoms with Crippen molar-refractivity contribution in [3.63, 3.8) is 0 Å². The molecule has 0 saturated carbocycles. The van der Waals surface area contributed by atoms with Gasteiger partial charge in [-0.05, 0) is 48.1 Å². The molecule has 1 amide bonds. The molecule has 0 atom stereocenters. The molecule has 4 rings (SSSR count). The molecule has 0 radical (unpaired) electrons. The van der Waals surface area contributed by atoms with E-state index in [1.807, 2.05) is 48.5 Å². The molecule has 0 aliphatic carbocycles. The van der Waals surface area contributed by atoms with E-state index in [2.05, 4.69) is 23.7 Å². The Kier molecular flexibility index (Phi) is 8.30. The molecule has 180 valence electrons. The van der Waals surface area contributed by atoms with Gasteiger partial charge in [0.15, 0.2) is 15.0 Å². The van der Waals surface area contributed by atoms with Gasteiger partial charge < -0.3 is 4.90 Å². The summed E-state index contributed by atoms with van der Waals surface area (Å²) in [5.41, 5.74) is 0.995. The van der Waals surface area contributed by atoms with Crippen LogP contribution in [0.2, 0.25) is 0 Å². The maximum atomic E-state index is 13.7. The Labute approximate surface area is 210 Å². The van der Waals surface area contributed by atoms with Crippen LogP contribution in [0.3, 0.4) is 0 Å². The van der Waals surface area contributed by atoms with Gasteiger partial charge in [0.05, 0.1) is 9.60 Å². The molecule has 34 heavy (non-hydrogen) atoms. The van der Waals surface area contributed by atoms with Gasteiger partial charge in [-0.15, -0.1) is 12.4 Å². The van der Waals surface area contributed by atoms with Crippen molar-refractivity contribution >= 4 is 65.6 Å². The number of hydrogen-bond donors (Lipinski definition) is 0. The van der Waals surface area contributed by atoms with Crippen molar-refractivity contribution in [1.82, 2.24) is 9.88 Å². The summed E-state index contributed by atoms with van der Waals surface area (Å²) < 4.78 is 25.3. The first-order valence-electron chi connectivity index (χ1n) is 10.9. The van der Waals surface area contributed by atoms with Crippen LogP contribution in [0, 0.1) is 0 Å². The number of likely N-dealkylation sites (N-methyl/N-ethyl adjacent to an activating group) is 1. The number of rotatable bonds is 8. The van der Waals surface area contributed by atoms with Gasteiger partial charge in [-0.1, -0.05) is 61.6 Å². The van der Waals surface area contributed by atoms with Crippen LogP contribution in [0.1, 0.15) is 24.2 Å². The van der Waals surface area contributed by atoms with Crippen molar-refractivity contribution in [2.24, 2.45) is 0 Å². The van der Waals surface area contributed by atoms with E-state index >= 15 is 0 Å². The Balaban J connectivity index is 0.00000324. The molecule has 0 bridgehead atoms. The van der Waals surface area contributed by atoms with Crippen molar-refractivity contribution < 1.29 is 13.2 Å². The number of thiazole rings is 1. The zero-order valence-corrected chi connectivity index (χ0v) is 21.8. The first-order valence-corrected chi connectivity index (χ1v) is 13.6. The minimum absolute atomic E-state index is 0. The maximum absolute atomic E-state index is 13.7. The minimum Gasteiger partial charge on any atom is -0.302 e. The van der Waals surface area contributed by atoms with Gasteiger partial charge in [-0.2, -0.15) is 0 Å². The van der Waals surface area contributed by atoms with Crippen LogP contribution in [0.25, 0.3) is 21.0 Å². The van der Waals surface area contributed by atoms with Gasteiger partial charge in [0.2, 0.25) is 0 Å². The molecule has 0 saturated heterocycles. The highest BCUT2D eigenvalue weighted by atomic mass is 35.5. The third-order valence-corrected chi connectivity index (χ3v) is 7.95. The molecule has 4 aromatic rings. The van der Waals surface area contributed by atoms with Crippen LogP contribution in [0.5, 0.6) is 0 Å². The van der Waals surface area contributed by atoms with Crippen LogP contribution in [0.15, 0.2) is 65.6 Å². The number of hydrogen-bond acceptors (Lipinski definition) is 6. The third-order valence-electron chi connectivity index (χ3n) is 5.78. The molecular weight excluding hydrogens is 490 g/mol. The number of halogens is 1. The van der Waals surface area contributed by atoms with Crippen LogP contribution in [-0.4, -0.2) is 56.6 Å². The van der Waals surface area contributed by atoms with Crippen LogP contribution >= 0.6 is 23.7 Å². The van der Waals surface area contributed by atoms with Crippen molar-refractivity contribution in [3.05, 3.63) is 66.2 Å². The average molecular weight is 518 g/mol. The molecule has 9 heteroatoms. The summed E-state index contributed by atoms with van der Waals surface area (Å²) in [6.45, 7) is 7.10. The summed E-state index contributed by atoms with van der Waals surface area (Å²) in [5, 5.41) is 2.57. The fraction of sp³-hybridized carbons (Fsp3) is 0.280. The average Bonchev–Trinajstić information content (AvgIpc) is 3.24. The second-order valence-electron chi connectivity index (χ2n) is 7.92. The zero-order chi connectivity index (χ0) is 23.6. The number of aromatic nitrogens is 1. The van der Waals surface area contributed by atoms with E-state index in [9.17, 15) is 13.2 Å². The Hall–Kier alpha value is -2.52. The summed E-state index contributed by atoms with van der Waals surface area (Å²) in [7, 11) is -3.44. The number of nitrogens with zero attached hydrogens (tertiary/aromatic N) is 3. The molecule has 0 aliphatic rings. The number of benzene rings is 3. The Morgan fingerprint density at radius 3 is 2.32 bits per heavy atom. The normalized spacial score (nSPS) is 11.6. The van der Waals surface area contributed by atoms with E-state index in [1.165, 1.54) is 17.6 Å². The largest absolute Gasteiger partial charge is 0.302 e. The number of anilines is 1. The quantitative estimate of drug-likeness (QED) is 0.318. The number of sulfone groups is 1. The van der Waals surface area contributed by atoms with Crippen molar-refractivity contribution in [3.8, 4) is 0 Å². The van der Waals surface area contributed by atoms with Crippen molar-refractivity contribution in [1.29, 1.82) is 0 Å². The molecule has 3 aromatic carbocycles. The summed E-state index contributed by atoms with van der Waals surface area (Å²) >= 11 is 1.34. The number of amides is 1. The highest BCUT2D eigenvalue weighted by Crippen LogP contribution is 2.33. The number of carbonyl (C=O) groups is 1. The Morgan fingerprint density at radius 1 is 0.941 bits per heavy atom. The maximum Gasteiger partial charge on any atom is 0.260 e. The first kappa shape index (κ1) is 26.1. The van der Waals surface area contributed by atoms with Gasteiger partial charge in [-0.25, -0.2) is 13.4 Å². The summed E-state index contributed by atoms with van der Waals surface area (Å²) in [6, 6.07) is 18.7. The fourth-order valence-electron chi connectivity index (χ4n) is 3.87. The molecule has 0 fully saturated rings. The highest BCUT2D eigenvalue weighted by molar-refractivity contribution is 7.91. The Morgan fingerprint density at radius 2 is 1.65 bits per heavy atom. The van der Waals surface area contributed by atoms with E-state index in [0.717, 1.165) is 28.6 Å². The lowest BCUT2D eigenvalue weighted by Crippen LogP contribution is -2.38. The number of para-hydroxylation sites is 1. The molecule has 1 heterocycles. The summed E-state index contributed by atoms with van der Waals surface area (Å²) in [4.78, 5) is 22.4. The molecular formula is C25H28ClN3O3S2. The van der Waals surface area contributed by atoms with Gasteiger partial charge in [0, 0.05) is 24.9 Å². The molecule has 6 nitrogen and oxygen atoms in total. The van der Waals surface area contributed by atoms with E-state index < -0.39 is 9.84 Å². The SMILES string of the molecule is CCN(CC)CCN(C(=O)c1ccc2ccccc2c1)c1nc2c(S(C)(=O)=O)cccc2s1.Cl. The first-order chi connectivity index (χ1) is 15.8. The van der Waals surface area contributed by atoms with Crippen molar-refractivity contribution in [2.45, 2.75) is 18.7 Å². The lowest BCUT2D eigenvalue weighted by Gasteiger charge is -2.25. The summed E-state index contributed by atoms with van der Waals surface area (Å²) in [5.74, 6) is -0.145. The second-order valence-corrected chi connectivity index (χ2v) is 10.9. The van der Waals surface area contributed by atoms with Crippen LogP contribution in [-0.2, 0) is 9.84 Å². The predicted molar refractivity (Wildman–Crippen MR) is 143 cm³/mol. The third kappa shape index (κ3) is 5.41. The molecule has 0 N–H and O–H groups in total. The standard InChI is InChI=1S/C25H27N3O3S2.ClH/c1-4-27(5-2)15-16-28(24(29)20-14-13-18-9-6-7-10-19(18)17-20)25-26-23-21(32-25)11-8-12-22(23)33(3,30)31;/h6-14,17H,4-5,15-16H2,1-3H3;1H. The lowest BCUT2D eigenvalue weighted by atomic mass is 10.1. The molecule has 0 spiro atoms. The number of fused-ring (bicyclic) bond motifs is 2. The van der Waals surface area contributed by atoms with Gasteiger partial charge in [0.25, 0.3) is 5.91 Å². The minimum atomic E-state index is -3.44. The molecule has 1 aromatic heterocycles. The monoisotopic (exact) mass is 517 g/mol. The van der Waals surface area contributed by atoms with Gasteiger partial charge in [0.1, 0.15) is 5.52 Å². The van der Waals surface area contributed by atoms with Gasteiger partial charge in [-0.3, -0.25) is 9.69 Å². The smallest absolute Gasteiger partial charge is 0.260 e. The van der Waals surface area contributed by atoms with E-state index in [-0.39, 0.29) is 23.2 Å². The number of carbonyl (C=O) groups excluding carboxylic acids is 1.